The minimum Gasteiger partial charge on any atom is -0.296 e. The number of hydrogen-bond acceptors (Lipinski definition) is 3. The van der Waals surface area contributed by atoms with Gasteiger partial charge in [0, 0.05) is 29.1 Å². The lowest BCUT2D eigenvalue weighted by Gasteiger charge is -2.29. The van der Waals surface area contributed by atoms with Crippen LogP contribution in [0, 0.1) is 11.2 Å². The van der Waals surface area contributed by atoms with Crippen LogP contribution in [0.1, 0.15) is 47.4 Å². The molecule has 1 heterocycles. The Hall–Kier alpha value is -1.47. The first-order valence-electron chi connectivity index (χ1n) is 11.6. The molecule has 0 amide bonds. The predicted molar refractivity (Wildman–Crippen MR) is 124 cm³/mol. The highest BCUT2D eigenvalue weighted by atomic mass is 35.5. The van der Waals surface area contributed by atoms with Crippen molar-refractivity contribution >= 4 is 21.6 Å². The molecular formula is C25H28ClFN2O2S. The van der Waals surface area contributed by atoms with E-state index in [0.717, 1.165) is 42.7 Å². The molecule has 4 nitrogen and oxygen atoms in total. The number of likely N-dealkylation sites (tertiary alicyclic amines) is 1. The zero-order chi connectivity index (χ0) is 22.3. The van der Waals surface area contributed by atoms with E-state index in [9.17, 15) is 12.8 Å². The van der Waals surface area contributed by atoms with Crippen molar-refractivity contribution in [1.29, 1.82) is 0 Å². The van der Waals surface area contributed by atoms with Crippen LogP contribution < -0.4 is 4.72 Å². The Balaban J connectivity index is 1.25. The van der Waals surface area contributed by atoms with Gasteiger partial charge in [-0.2, -0.15) is 0 Å². The number of benzene rings is 2. The van der Waals surface area contributed by atoms with Gasteiger partial charge in [0.15, 0.2) is 0 Å². The fraction of sp³-hybridized carbons (Fsp3) is 0.520. The molecule has 32 heavy (non-hydrogen) atoms. The Morgan fingerprint density at radius 1 is 1.22 bits per heavy atom. The van der Waals surface area contributed by atoms with Gasteiger partial charge < -0.3 is 0 Å². The largest absolute Gasteiger partial charge is 0.296 e. The Kier molecular flexibility index (Phi) is 4.79. The molecule has 170 valence electrons. The second kappa shape index (κ2) is 7.26. The van der Waals surface area contributed by atoms with Crippen molar-refractivity contribution in [3.05, 3.63) is 69.5 Å². The maximum Gasteiger partial charge on any atom is 0.214 e. The summed E-state index contributed by atoms with van der Waals surface area (Å²) in [6.45, 7) is 0.243. The lowest BCUT2D eigenvalue weighted by Crippen LogP contribution is -2.39. The summed E-state index contributed by atoms with van der Waals surface area (Å²) in [6.07, 6.45) is 4.62. The number of nitrogens with one attached hydrogen (secondary N) is 1. The summed E-state index contributed by atoms with van der Waals surface area (Å²) in [7, 11) is -1.11. The average molecular weight is 475 g/mol. The first-order chi connectivity index (χ1) is 15.3. The molecule has 0 bridgehead atoms. The Morgan fingerprint density at radius 2 is 2.00 bits per heavy atom. The third-order valence-electron chi connectivity index (χ3n) is 8.43. The highest BCUT2D eigenvalue weighted by Gasteiger charge is 2.84. The van der Waals surface area contributed by atoms with Gasteiger partial charge in [-0.3, -0.25) is 4.90 Å². The quantitative estimate of drug-likeness (QED) is 0.616. The van der Waals surface area contributed by atoms with Crippen LogP contribution in [0.2, 0.25) is 5.02 Å². The fourth-order valence-corrected chi connectivity index (χ4v) is 8.26. The third-order valence-corrected chi connectivity index (χ3v) is 10.6. The summed E-state index contributed by atoms with van der Waals surface area (Å²) in [4.78, 5) is 2.41. The zero-order valence-corrected chi connectivity index (χ0v) is 19.7. The van der Waals surface area contributed by atoms with E-state index in [1.165, 1.54) is 11.1 Å². The lowest BCUT2D eigenvalue weighted by molar-refractivity contribution is 0.226. The van der Waals surface area contributed by atoms with E-state index >= 15 is 0 Å². The smallest absolute Gasteiger partial charge is 0.214 e. The van der Waals surface area contributed by atoms with Gasteiger partial charge in [0.1, 0.15) is 5.82 Å². The summed E-state index contributed by atoms with van der Waals surface area (Å²) >= 11 is 6.24. The van der Waals surface area contributed by atoms with Crippen molar-refractivity contribution in [2.45, 2.75) is 61.8 Å². The van der Waals surface area contributed by atoms with Crippen LogP contribution in [0.15, 0.2) is 36.4 Å². The van der Waals surface area contributed by atoms with Gasteiger partial charge >= 0.3 is 0 Å². The zero-order valence-electron chi connectivity index (χ0n) is 18.2. The van der Waals surface area contributed by atoms with E-state index in [4.69, 9.17) is 11.6 Å². The van der Waals surface area contributed by atoms with Gasteiger partial charge in [0.05, 0.1) is 5.25 Å². The van der Waals surface area contributed by atoms with Crippen LogP contribution in [-0.4, -0.2) is 44.2 Å². The minimum absolute atomic E-state index is 0.215. The standard InChI is InChI=1S/C25H28ClFN2O2S/c1-29-23-24(29)25(23)14-17-13-22(27)16(8-9-28-32(30,31)19-6-3-7-19)12-20(17)21(25)11-15-4-2-5-18(26)10-15/h2,4-5,10,12-13,19,21,23-24,28H,3,6-9,11,14H2,1H3. The first-order valence-corrected chi connectivity index (χ1v) is 13.5. The fourth-order valence-electron chi connectivity index (χ4n) is 6.47. The van der Waals surface area contributed by atoms with Crippen LogP contribution in [0.3, 0.4) is 0 Å². The van der Waals surface area contributed by atoms with Crippen LogP contribution in [0.4, 0.5) is 4.39 Å². The number of sulfonamides is 1. The van der Waals surface area contributed by atoms with Crippen LogP contribution in [-0.2, 0) is 29.3 Å². The Labute approximate surface area is 194 Å². The van der Waals surface area contributed by atoms with E-state index in [0.29, 0.717) is 30.0 Å². The van der Waals surface area contributed by atoms with E-state index in [1.54, 1.807) is 6.07 Å². The summed E-state index contributed by atoms with van der Waals surface area (Å²) in [5.74, 6) is 0.126. The number of fused-ring (bicyclic) bond motifs is 4. The Morgan fingerprint density at radius 3 is 2.66 bits per heavy atom. The maximum absolute atomic E-state index is 15.0. The van der Waals surface area contributed by atoms with Gasteiger partial charge in [-0.25, -0.2) is 17.5 Å². The monoisotopic (exact) mass is 474 g/mol. The first kappa shape index (κ1) is 21.1. The van der Waals surface area contributed by atoms with Crippen molar-refractivity contribution in [1.82, 2.24) is 9.62 Å². The third kappa shape index (κ3) is 3.17. The summed E-state index contributed by atoms with van der Waals surface area (Å²) < 4.78 is 42.3. The van der Waals surface area contributed by atoms with E-state index in [-0.39, 0.29) is 23.0 Å². The molecule has 0 radical (unpaired) electrons. The molecule has 2 saturated carbocycles. The van der Waals surface area contributed by atoms with Crippen molar-refractivity contribution in [2.75, 3.05) is 13.6 Å². The van der Waals surface area contributed by atoms with Gasteiger partial charge in [-0.05, 0) is 85.5 Å². The van der Waals surface area contributed by atoms with E-state index < -0.39 is 10.0 Å². The van der Waals surface area contributed by atoms with E-state index in [1.807, 2.05) is 24.3 Å². The number of hydrogen-bond donors (Lipinski definition) is 1. The van der Waals surface area contributed by atoms with E-state index in [2.05, 4.69) is 22.7 Å². The van der Waals surface area contributed by atoms with Gasteiger partial charge in [0.25, 0.3) is 0 Å². The SMILES string of the molecule is CN1C2C1C21Cc2cc(F)c(CCNS(=O)(=O)C3CCC3)cc2C1Cc1cccc(Cl)c1. The average Bonchev–Trinajstić information content (AvgIpc) is 3.53. The lowest BCUT2D eigenvalue weighted by atomic mass is 9.81. The van der Waals surface area contributed by atoms with Gasteiger partial charge in [-0.15, -0.1) is 0 Å². The molecule has 2 aromatic rings. The normalized spacial score (nSPS) is 32.5. The number of rotatable bonds is 7. The van der Waals surface area contributed by atoms with Crippen molar-refractivity contribution in [2.24, 2.45) is 5.41 Å². The molecule has 4 aliphatic rings. The number of likely N-dealkylation sites (N-methyl/N-ethyl adjacent to an activating group) is 1. The molecule has 3 fully saturated rings. The van der Waals surface area contributed by atoms with Gasteiger partial charge in [0.2, 0.25) is 10.0 Å². The molecule has 1 aliphatic heterocycles. The molecule has 1 N–H and O–H groups in total. The molecule has 3 unspecified atom stereocenters. The number of nitrogens with zero attached hydrogens (tertiary/aromatic N) is 1. The molecule has 1 spiro atoms. The highest BCUT2D eigenvalue weighted by Crippen LogP contribution is 2.76. The molecule has 0 aromatic heterocycles. The predicted octanol–water partition coefficient (Wildman–Crippen LogP) is 4.06. The molecular weight excluding hydrogens is 447 g/mol. The second-order valence-corrected chi connectivity index (χ2v) is 12.6. The van der Waals surface area contributed by atoms with Crippen LogP contribution in [0.25, 0.3) is 0 Å². The van der Waals surface area contributed by atoms with Gasteiger partial charge in [-0.1, -0.05) is 36.2 Å². The van der Waals surface area contributed by atoms with Crippen molar-refractivity contribution < 1.29 is 12.8 Å². The van der Waals surface area contributed by atoms with Crippen molar-refractivity contribution in [3.8, 4) is 0 Å². The highest BCUT2D eigenvalue weighted by molar-refractivity contribution is 7.90. The molecule has 2 aromatic carbocycles. The second-order valence-electron chi connectivity index (χ2n) is 10.1. The molecule has 7 heteroatoms. The van der Waals surface area contributed by atoms with Crippen LogP contribution in [0.5, 0.6) is 0 Å². The maximum atomic E-state index is 15.0. The summed E-state index contributed by atoms with van der Waals surface area (Å²) in [5.41, 5.74) is 4.40. The topological polar surface area (TPSA) is 49.2 Å². The Bertz CT molecular complexity index is 1190. The molecule has 3 aliphatic carbocycles. The molecule has 6 rings (SSSR count). The summed E-state index contributed by atoms with van der Waals surface area (Å²) in [5, 5.41) is 0.472. The molecule has 3 atom stereocenters. The summed E-state index contributed by atoms with van der Waals surface area (Å²) in [6, 6.07) is 13.0. The number of halogens is 2. The molecule has 1 saturated heterocycles. The minimum atomic E-state index is -3.28. The van der Waals surface area contributed by atoms with Crippen LogP contribution >= 0.6 is 11.6 Å². The van der Waals surface area contributed by atoms with Crippen molar-refractivity contribution in [3.63, 3.8) is 0 Å².